The van der Waals surface area contributed by atoms with Gasteiger partial charge in [-0.1, -0.05) is 0 Å². The van der Waals surface area contributed by atoms with Crippen molar-refractivity contribution in [1.82, 2.24) is 0 Å². The monoisotopic (exact) mass is 162 g/mol. The van der Waals surface area contributed by atoms with Crippen LogP contribution >= 0.6 is 12.6 Å². The summed E-state index contributed by atoms with van der Waals surface area (Å²) < 4.78 is 4.57. The maximum Gasteiger partial charge on any atom is 0.306 e. The minimum Gasteiger partial charge on any atom is -0.466 e. The Morgan fingerprint density at radius 3 is 2.40 bits per heavy atom. The first-order valence-corrected chi connectivity index (χ1v) is 3.49. The van der Waals surface area contributed by atoms with Gasteiger partial charge in [-0.3, -0.25) is 9.59 Å². The second kappa shape index (κ2) is 5.29. The molecule has 0 aromatic heterocycles. The number of hydrogen-bond acceptors (Lipinski definition) is 3. The molecule has 4 heteroatoms. The lowest BCUT2D eigenvalue weighted by molar-refractivity contribution is -0.143. The zero-order valence-electron chi connectivity index (χ0n) is 5.79. The van der Waals surface area contributed by atoms with Crippen LogP contribution in [0.5, 0.6) is 0 Å². The van der Waals surface area contributed by atoms with E-state index in [2.05, 4.69) is 17.4 Å². The molecular weight excluding hydrogens is 152 g/mol. The van der Waals surface area contributed by atoms with E-state index in [0.717, 1.165) is 0 Å². The molecule has 0 fully saturated rings. The second-order valence-corrected chi connectivity index (χ2v) is 2.20. The van der Waals surface area contributed by atoms with E-state index in [4.69, 9.17) is 0 Å². The average Bonchev–Trinajstić information content (AvgIpc) is 1.85. The molecular formula is C6H10O3S. The van der Waals surface area contributed by atoms with Gasteiger partial charge in [0.2, 0.25) is 0 Å². The van der Waals surface area contributed by atoms with Crippen molar-refractivity contribution in [3.05, 3.63) is 0 Å². The van der Waals surface area contributed by atoms with Crippen molar-refractivity contribution in [2.45, 2.75) is 19.8 Å². The number of ether oxygens (including phenoxy) is 1. The Balaban J connectivity index is 3.30. The topological polar surface area (TPSA) is 43.4 Å². The van der Waals surface area contributed by atoms with Gasteiger partial charge >= 0.3 is 5.97 Å². The summed E-state index contributed by atoms with van der Waals surface area (Å²) in [6.07, 6.45) is 0.290. The van der Waals surface area contributed by atoms with Crippen molar-refractivity contribution in [1.29, 1.82) is 0 Å². The quantitative estimate of drug-likeness (QED) is 0.491. The zero-order chi connectivity index (χ0) is 7.98. The molecule has 0 unspecified atom stereocenters. The van der Waals surface area contributed by atoms with E-state index in [-0.39, 0.29) is 23.9 Å². The molecule has 0 bridgehead atoms. The molecule has 0 aliphatic heterocycles. The standard InChI is InChI=1S/C6H10O3S/c1-2-9-5(7)3-4-6(8)10/h2-4H2,1H3,(H,8,10). The van der Waals surface area contributed by atoms with Crippen molar-refractivity contribution in [3.8, 4) is 0 Å². The molecule has 0 aromatic rings. The van der Waals surface area contributed by atoms with E-state index in [0.29, 0.717) is 6.61 Å². The molecule has 10 heavy (non-hydrogen) atoms. The number of esters is 1. The summed E-state index contributed by atoms with van der Waals surface area (Å²) in [6, 6.07) is 0. The molecule has 0 saturated heterocycles. The van der Waals surface area contributed by atoms with Gasteiger partial charge in [0, 0.05) is 6.42 Å². The average molecular weight is 162 g/mol. The summed E-state index contributed by atoms with van der Waals surface area (Å²) in [5.41, 5.74) is 0. The van der Waals surface area contributed by atoms with Crippen molar-refractivity contribution >= 4 is 23.7 Å². The number of hydrogen-bond donors (Lipinski definition) is 1. The van der Waals surface area contributed by atoms with Gasteiger partial charge in [-0.25, -0.2) is 0 Å². The summed E-state index contributed by atoms with van der Waals surface area (Å²) in [5, 5.41) is -0.284. The molecule has 3 nitrogen and oxygen atoms in total. The fourth-order valence-electron chi connectivity index (χ4n) is 0.442. The van der Waals surface area contributed by atoms with Crippen LogP contribution in [0.1, 0.15) is 19.8 Å². The smallest absolute Gasteiger partial charge is 0.306 e. The minimum absolute atomic E-state index is 0.135. The van der Waals surface area contributed by atoms with E-state index < -0.39 is 0 Å². The summed E-state index contributed by atoms with van der Waals surface area (Å²) in [4.78, 5) is 20.7. The van der Waals surface area contributed by atoms with Crippen molar-refractivity contribution < 1.29 is 14.3 Å². The van der Waals surface area contributed by atoms with Gasteiger partial charge in [-0.15, -0.1) is 12.6 Å². The first-order chi connectivity index (χ1) is 4.66. The lowest BCUT2D eigenvalue weighted by Crippen LogP contribution is -2.04. The van der Waals surface area contributed by atoms with Crippen molar-refractivity contribution in [2.24, 2.45) is 0 Å². The molecule has 0 N–H and O–H groups in total. The van der Waals surface area contributed by atoms with Crippen LogP contribution in [0.3, 0.4) is 0 Å². The van der Waals surface area contributed by atoms with Gasteiger partial charge < -0.3 is 4.74 Å². The Morgan fingerprint density at radius 1 is 1.40 bits per heavy atom. The van der Waals surface area contributed by atoms with Crippen molar-refractivity contribution in [2.75, 3.05) is 6.61 Å². The van der Waals surface area contributed by atoms with E-state index in [1.165, 1.54) is 0 Å². The molecule has 0 amide bonds. The highest BCUT2D eigenvalue weighted by Gasteiger charge is 2.02. The van der Waals surface area contributed by atoms with Crippen LogP contribution < -0.4 is 0 Å². The summed E-state index contributed by atoms with van der Waals surface area (Å²) in [5.74, 6) is -0.343. The maximum absolute atomic E-state index is 10.5. The predicted octanol–water partition coefficient (Wildman–Crippen LogP) is 0.786. The first kappa shape index (κ1) is 9.49. The van der Waals surface area contributed by atoms with Gasteiger partial charge in [0.05, 0.1) is 13.0 Å². The maximum atomic E-state index is 10.5. The molecule has 0 radical (unpaired) electrons. The Labute approximate surface area is 65.2 Å². The SMILES string of the molecule is CCOC(=O)CCC(=O)S. The third-order valence-corrected chi connectivity index (χ3v) is 1.07. The molecule has 0 heterocycles. The Morgan fingerprint density at radius 2 is 2.00 bits per heavy atom. The highest BCUT2D eigenvalue weighted by molar-refractivity contribution is 7.96. The largest absolute Gasteiger partial charge is 0.466 e. The Hall–Kier alpha value is -0.510. The molecule has 0 aliphatic carbocycles. The van der Waals surface area contributed by atoms with E-state index in [9.17, 15) is 9.59 Å². The summed E-state index contributed by atoms with van der Waals surface area (Å²) in [7, 11) is 0. The predicted molar refractivity (Wildman–Crippen MR) is 39.9 cm³/mol. The Bertz CT molecular complexity index is 133. The number of rotatable bonds is 4. The Kier molecular flexibility index (Phi) is 5.02. The number of carbonyl (C=O) groups excluding carboxylic acids is 2. The van der Waals surface area contributed by atoms with Crippen LogP contribution in [-0.2, 0) is 14.3 Å². The van der Waals surface area contributed by atoms with Crippen LogP contribution in [0.15, 0.2) is 0 Å². The molecule has 58 valence electrons. The van der Waals surface area contributed by atoms with Crippen LogP contribution in [0.4, 0.5) is 0 Å². The second-order valence-electron chi connectivity index (χ2n) is 1.70. The third-order valence-electron chi connectivity index (χ3n) is 0.848. The van der Waals surface area contributed by atoms with Crippen molar-refractivity contribution in [3.63, 3.8) is 0 Å². The minimum atomic E-state index is -0.343. The third kappa shape index (κ3) is 5.62. The molecule has 0 aliphatic rings. The van der Waals surface area contributed by atoms with Gasteiger partial charge in [-0.2, -0.15) is 0 Å². The van der Waals surface area contributed by atoms with Crippen LogP contribution in [-0.4, -0.2) is 17.7 Å². The summed E-state index contributed by atoms with van der Waals surface area (Å²) in [6.45, 7) is 2.08. The highest BCUT2D eigenvalue weighted by atomic mass is 32.1. The molecule has 0 saturated carbocycles. The van der Waals surface area contributed by atoms with Crippen LogP contribution in [0.25, 0.3) is 0 Å². The fraction of sp³-hybridized carbons (Fsp3) is 0.667. The molecule has 0 atom stereocenters. The van der Waals surface area contributed by atoms with Crippen LogP contribution in [0, 0.1) is 0 Å². The molecule has 0 aromatic carbocycles. The summed E-state index contributed by atoms with van der Waals surface area (Å²) >= 11 is 3.49. The van der Waals surface area contributed by atoms with E-state index in [1.807, 2.05) is 0 Å². The highest BCUT2D eigenvalue weighted by Crippen LogP contribution is 1.95. The lowest BCUT2D eigenvalue weighted by Gasteiger charge is -1.97. The van der Waals surface area contributed by atoms with Gasteiger partial charge in [0.15, 0.2) is 5.12 Å². The van der Waals surface area contributed by atoms with E-state index >= 15 is 0 Å². The molecule has 0 rings (SSSR count). The van der Waals surface area contributed by atoms with Gasteiger partial charge in [0.25, 0.3) is 0 Å². The lowest BCUT2D eigenvalue weighted by atomic mass is 10.3. The number of carbonyl (C=O) groups is 2. The number of thiol groups is 1. The van der Waals surface area contributed by atoms with Crippen LogP contribution in [0.2, 0.25) is 0 Å². The van der Waals surface area contributed by atoms with Gasteiger partial charge in [-0.05, 0) is 6.92 Å². The zero-order valence-corrected chi connectivity index (χ0v) is 6.69. The normalized spacial score (nSPS) is 9.00. The van der Waals surface area contributed by atoms with Gasteiger partial charge in [0.1, 0.15) is 0 Å². The first-order valence-electron chi connectivity index (χ1n) is 3.04. The fourth-order valence-corrected chi connectivity index (χ4v) is 0.554. The van der Waals surface area contributed by atoms with E-state index in [1.54, 1.807) is 6.92 Å². The molecule has 0 spiro atoms.